The summed E-state index contributed by atoms with van der Waals surface area (Å²) in [6.45, 7) is 4.09. The number of methoxy groups -OCH3 is 1. The van der Waals surface area contributed by atoms with Crippen molar-refractivity contribution in [1.29, 1.82) is 0 Å². The summed E-state index contributed by atoms with van der Waals surface area (Å²) in [4.78, 5) is 26.2. The maximum Gasteiger partial charge on any atom is 0.237 e. The van der Waals surface area contributed by atoms with E-state index in [2.05, 4.69) is 14.9 Å². The van der Waals surface area contributed by atoms with Crippen LogP contribution in [0.5, 0.6) is 5.75 Å². The van der Waals surface area contributed by atoms with Crippen molar-refractivity contribution in [2.45, 2.75) is 25.3 Å². The van der Waals surface area contributed by atoms with Gasteiger partial charge in [0, 0.05) is 31.4 Å². The highest BCUT2D eigenvalue weighted by Gasteiger charge is 2.32. The standard InChI is InChI=1S/C22H29N5O3/c1-29-17-6-4-5-16(13-17)18-14-24-22(23)25-21(18)19-7-2-3-8-27(19)20(28)15-26-9-11-30-12-10-26/h4-6,13-14,19H,2-3,7-12,15H2,1H3,(H2,23,24,25)/t19-/m1/s1. The van der Waals surface area contributed by atoms with Crippen LogP contribution < -0.4 is 10.5 Å². The molecule has 4 rings (SSSR count). The Kier molecular flexibility index (Phi) is 6.44. The highest BCUT2D eigenvalue weighted by Crippen LogP contribution is 2.36. The maximum atomic E-state index is 13.2. The molecule has 2 aliphatic heterocycles. The number of nitrogen functional groups attached to an aromatic ring is 1. The van der Waals surface area contributed by atoms with Crippen molar-refractivity contribution in [3.05, 3.63) is 36.2 Å². The molecule has 1 aromatic carbocycles. The number of nitrogens with two attached hydrogens (primary N) is 1. The van der Waals surface area contributed by atoms with Gasteiger partial charge in [0.2, 0.25) is 11.9 Å². The highest BCUT2D eigenvalue weighted by molar-refractivity contribution is 5.79. The molecule has 3 heterocycles. The van der Waals surface area contributed by atoms with Crippen molar-refractivity contribution in [1.82, 2.24) is 19.8 Å². The van der Waals surface area contributed by atoms with Crippen LogP contribution in [-0.2, 0) is 9.53 Å². The number of hydrogen-bond acceptors (Lipinski definition) is 7. The van der Waals surface area contributed by atoms with Crippen LogP contribution in [0.3, 0.4) is 0 Å². The first-order valence-electron chi connectivity index (χ1n) is 10.5. The van der Waals surface area contributed by atoms with Gasteiger partial charge >= 0.3 is 0 Å². The van der Waals surface area contributed by atoms with E-state index < -0.39 is 0 Å². The first-order chi connectivity index (χ1) is 14.7. The number of piperidine rings is 1. The van der Waals surface area contributed by atoms with E-state index in [-0.39, 0.29) is 17.9 Å². The second-order valence-corrected chi connectivity index (χ2v) is 7.75. The van der Waals surface area contributed by atoms with Gasteiger partial charge in [0.05, 0.1) is 38.6 Å². The van der Waals surface area contributed by atoms with Crippen LogP contribution in [0.25, 0.3) is 11.1 Å². The normalized spacial score (nSPS) is 20.2. The molecule has 0 saturated carbocycles. The predicted octanol–water partition coefficient (Wildman–Crippen LogP) is 2.12. The zero-order chi connectivity index (χ0) is 20.9. The van der Waals surface area contributed by atoms with E-state index in [0.29, 0.717) is 19.8 Å². The molecule has 0 spiro atoms. The zero-order valence-corrected chi connectivity index (χ0v) is 17.4. The number of benzene rings is 1. The van der Waals surface area contributed by atoms with Crippen LogP contribution in [0, 0.1) is 0 Å². The van der Waals surface area contributed by atoms with Crippen molar-refractivity contribution in [3.63, 3.8) is 0 Å². The summed E-state index contributed by atoms with van der Waals surface area (Å²) in [5, 5.41) is 0. The van der Waals surface area contributed by atoms with Gasteiger partial charge in [0.25, 0.3) is 0 Å². The molecule has 8 heteroatoms. The number of amides is 1. The molecule has 0 bridgehead atoms. The summed E-state index contributed by atoms with van der Waals surface area (Å²) < 4.78 is 10.8. The smallest absolute Gasteiger partial charge is 0.237 e. The maximum absolute atomic E-state index is 13.2. The predicted molar refractivity (Wildman–Crippen MR) is 114 cm³/mol. The third-order valence-electron chi connectivity index (χ3n) is 5.82. The Morgan fingerprint density at radius 1 is 1.27 bits per heavy atom. The number of carbonyl (C=O) groups is 1. The quantitative estimate of drug-likeness (QED) is 0.805. The molecule has 30 heavy (non-hydrogen) atoms. The first-order valence-corrected chi connectivity index (χ1v) is 10.5. The summed E-state index contributed by atoms with van der Waals surface area (Å²) in [7, 11) is 1.65. The van der Waals surface area contributed by atoms with Crippen LogP contribution in [0.15, 0.2) is 30.5 Å². The van der Waals surface area contributed by atoms with Crippen LogP contribution in [-0.4, -0.2) is 72.2 Å². The molecule has 1 atom stereocenters. The fourth-order valence-electron chi connectivity index (χ4n) is 4.23. The van der Waals surface area contributed by atoms with E-state index in [0.717, 1.165) is 61.5 Å². The van der Waals surface area contributed by atoms with Gasteiger partial charge in [-0.15, -0.1) is 0 Å². The Labute approximate surface area is 177 Å². The molecule has 8 nitrogen and oxygen atoms in total. The number of rotatable bonds is 5. The number of likely N-dealkylation sites (tertiary alicyclic amines) is 1. The Hall–Kier alpha value is -2.71. The van der Waals surface area contributed by atoms with E-state index in [1.165, 1.54) is 0 Å². The van der Waals surface area contributed by atoms with Crippen LogP contribution in [0.1, 0.15) is 31.0 Å². The molecular weight excluding hydrogens is 382 g/mol. The Morgan fingerprint density at radius 2 is 2.10 bits per heavy atom. The van der Waals surface area contributed by atoms with Gasteiger partial charge < -0.3 is 20.1 Å². The number of morpholine rings is 1. The van der Waals surface area contributed by atoms with Crippen molar-refractivity contribution >= 4 is 11.9 Å². The summed E-state index contributed by atoms with van der Waals surface area (Å²) in [6, 6.07) is 7.69. The lowest BCUT2D eigenvalue weighted by molar-refractivity contribution is -0.137. The molecule has 2 aromatic rings. The second-order valence-electron chi connectivity index (χ2n) is 7.75. The lowest BCUT2D eigenvalue weighted by Gasteiger charge is -2.38. The molecule has 160 valence electrons. The van der Waals surface area contributed by atoms with E-state index in [1.807, 2.05) is 29.2 Å². The van der Waals surface area contributed by atoms with Crippen LogP contribution in [0.4, 0.5) is 5.95 Å². The number of anilines is 1. The lowest BCUT2D eigenvalue weighted by Crippen LogP contribution is -2.47. The summed E-state index contributed by atoms with van der Waals surface area (Å²) in [6.07, 6.45) is 4.67. The van der Waals surface area contributed by atoms with E-state index in [4.69, 9.17) is 15.2 Å². The minimum Gasteiger partial charge on any atom is -0.497 e. The van der Waals surface area contributed by atoms with Gasteiger partial charge in [-0.1, -0.05) is 12.1 Å². The molecule has 1 aromatic heterocycles. The molecule has 2 N–H and O–H groups in total. The van der Waals surface area contributed by atoms with Crippen molar-refractivity contribution < 1.29 is 14.3 Å². The summed E-state index contributed by atoms with van der Waals surface area (Å²) in [5.41, 5.74) is 8.62. The SMILES string of the molecule is COc1cccc(-c2cnc(N)nc2[C@H]2CCCCN2C(=O)CN2CCOCC2)c1. The van der Waals surface area contributed by atoms with E-state index in [1.54, 1.807) is 13.3 Å². The Morgan fingerprint density at radius 3 is 2.90 bits per heavy atom. The number of hydrogen-bond donors (Lipinski definition) is 1. The summed E-state index contributed by atoms with van der Waals surface area (Å²) in [5.74, 6) is 1.12. The molecular formula is C22H29N5O3. The third-order valence-corrected chi connectivity index (χ3v) is 5.82. The van der Waals surface area contributed by atoms with Gasteiger partial charge in [0.1, 0.15) is 5.75 Å². The molecule has 0 aliphatic carbocycles. The van der Waals surface area contributed by atoms with Crippen LogP contribution >= 0.6 is 0 Å². The molecule has 2 fully saturated rings. The number of aromatic nitrogens is 2. The summed E-state index contributed by atoms with van der Waals surface area (Å²) >= 11 is 0. The average Bonchev–Trinajstić information content (AvgIpc) is 2.79. The highest BCUT2D eigenvalue weighted by atomic mass is 16.5. The second kappa shape index (κ2) is 9.40. The monoisotopic (exact) mass is 411 g/mol. The number of ether oxygens (including phenoxy) is 2. The fourth-order valence-corrected chi connectivity index (χ4v) is 4.23. The van der Waals surface area contributed by atoms with Gasteiger partial charge in [-0.05, 0) is 37.0 Å². The van der Waals surface area contributed by atoms with Crippen molar-refractivity contribution in [2.24, 2.45) is 0 Å². The lowest BCUT2D eigenvalue weighted by atomic mass is 9.93. The molecule has 0 radical (unpaired) electrons. The van der Waals surface area contributed by atoms with Gasteiger partial charge in [0.15, 0.2) is 0 Å². The topological polar surface area (TPSA) is 93.8 Å². The van der Waals surface area contributed by atoms with E-state index >= 15 is 0 Å². The zero-order valence-electron chi connectivity index (χ0n) is 17.4. The molecule has 1 amide bonds. The van der Waals surface area contributed by atoms with Crippen molar-refractivity contribution in [2.75, 3.05) is 52.2 Å². The number of nitrogens with zero attached hydrogens (tertiary/aromatic N) is 4. The molecule has 2 saturated heterocycles. The largest absolute Gasteiger partial charge is 0.497 e. The first kappa shape index (κ1) is 20.6. The van der Waals surface area contributed by atoms with Gasteiger partial charge in [-0.2, -0.15) is 0 Å². The van der Waals surface area contributed by atoms with E-state index in [9.17, 15) is 4.79 Å². The van der Waals surface area contributed by atoms with Crippen LogP contribution in [0.2, 0.25) is 0 Å². The fraction of sp³-hybridized carbons (Fsp3) is 0.500. The Bertz CT molecular complexity index is 885. The van der Waals surface area contributed by atoms with Gasteiger partial charge in [-0.25, -0.2) is 9.97 Å². The Balaban J connectivity index is 1.64. The number of carbonyl (C=O) groups excluding carboxylic acids is 1. The molecule has 0 unspecified atom stereocenters. The third kappa shape index (κ3) is 4.55. The minimum absolute atomic E-state index is 0.112. The molecule has 2 aliphatic rings. The minimum atomic E-state index is -0.112. The van der Waals surface area contributed by atoms with Crippen molar-refractivity contribution in [3.8, 4) is 16.9 Å². The average molecular weight is 412 g/mol. The van der Waals surface area contributed by atoms with Gasteiger partial charge in [-0.3, -0.25) is 9.69 Å².